The van der Waals surface area contributed by atoms with Crippen LogP contribution in [-0.4, -0.2) is 40.6 Å². The number of carbonyl (C=O) groups excluding carboxylic acids is 1. The van der Waals surface area contributed by atoms with Crippen LogP contribution in [-0.2, 0) is 9.53 Å². The number of nitrogens with zero attached hydrogens (tertiary/aromatic N) is 4. The molecule has 0 bridgehead atoms. The first kappa shape index (κ1) is 20.4. The van der Waals surface area contributed by atoms with Crippen molar-refractivity contribution in [2.24, 2.45) is 5.92 Å². The molecule has 11 heteroatoms. The number of nitrogens with one attached hydrogen (secondary N) is 1. The summed E-state index contributed by atoms with van der Waals surface area (Å²) in [7, 11) is 0. The predicted octanol–water partition coefficient (Wildman–Crippen LogP) is 3.19. The van der Waals surface area contributed by atoms with Gasteiger partial charge in [-0.3, -0.25) is 14.9 Å². The quantitative estimate of drug-likeness (QED) is 0.442. The molecule has 0 radical (unpaired) electrons. The Bertz CT molecular complexity index is 927. The average molecular weight is 407 g/mol. The summed E-state index contributed by atoms with van der Waals surface area (Å²) in [5.41, 5.74) is -0.776. The van der Waals surface area contributed by atoms with Crippen molar-refractivity contribution in [2.75, 3.05) is 29.9 Å². The molecule has 3 rings (SSSR count). The van der Waals surface area contributed by atoms with E-state index < -0.39 is 28.2 Å². The zero-order valence-corrected chi connectivity index (χ0v) is 15.6. The van der Waals surface area contributed by atoms with Crippen molar-refractivity contribution in [3.63, 3.8) is 0 Å². The smallest absolute Gasteiger partial charge is 0.353 e. The third-order valence-electron chi connectivity index (χ3n) is 4.51. The van der Waals surface area contributed by atoms with E-state index in [-0.39, 0.29) is 36.4 Å². The van der Waals surface area contributed by atoms with Crippen molar-refractivity contribution in [2.45, 2.75) is 19.8 Å². The van der Waals surface area contributed by atoms with E-state index in [4.69, 9.17) is 4.74 Å². The van der Waals surface area contributed by atoms with Gasteiger partial charge in [-0.05, 0) is 31.9 Å². The number of ether oxygens (including phenoxy) is 1. The fourth-order valence-corrected chi connectivity index (χ4v) is 3.20. The van der Waals surface area contributed by atoms with Gasteiger partial charge in [0.25, 0.3) is 0 Å². The average Bonchev–Trinajstić information content (AvgIpc) is 2.70. The molecule has 1 aliphatic heterocycles. The molecule has 1 aliphatic rings. The maximum absolute atomic E-state index is 14.0. The minimum Gasteiger partial charge on any atom is -0.466 e. The second-order valence-corrected chi connectivity index (χ2v) is 6.44. The van der Waals surface area contributed by atoms with Crippen molar-refractivity contribution in [3.8, 4) is 0 Å². The molecule has 1 atom stereocenters. The number of carbonyl (C=O) groups is 1. The first-order chi connectivity index (χ1) is 13.9. The van der Waals surface area contributed by atoms with Gasteiger partial charge < -0.3 is 15.0 Å². The summed E-state index contributed by atoms with van der Waals surface area (Å²) in [6.45, 7) is 2.60. The van der Waals surface area contributed by atoms with Gasteiger partial charge in [-0.25, -0.2) is 18.7 Å². The summed E-state index contributed by atoms with van der Waals surface area (Å²) in [4.78, 5) is 32.6. The maximum Gasteiger partial charge on any atom is 0.353 e. The zero-order valence-electron chi connectivity index (χ0n) is 15.6. The Kier molecular flexibility index (Phi) is 6.15. The third kappa shape index (κ3) is 4.55. The number of aromatic nitrogens is 2. The van der Waals surface area contributed by atoms with Crippen LogP contribution in [0.2, 0.25) is 0 Å². The van der Waals surface area contributed by atoms with Crippen LogP contribution < -0.4 is 10.2 Å². The van der Waals surface area contributed by atoms with E-state index in [1.165, 1.54) is 0 Å². The van der Waals surface area contributed by atoms with Crippen molar-refractivity contribution >= 4 is 29.0 Å². The number of hydrogen-bond acceptors (Lipinski definition) is 8. The second kappa shape index (κ2) is 8.76. The lowest BCUT2D eigenvalue weighted by atomic mass is 9.98. The predicted molar refractivity (Wildman–Crippen MR) is 99.9 cm³/mol. The Morgan fingerprint density at radius 2 is 2.21 bits per heavy atom. The molecule has 9 nitrogen and oxygen atoms in total. The Balaban J connectivity index is 1.94. The van der Waals surface area contributed by atoms with Crippen LogP contribution in [0.1, 0.15) is 19.8 Å². The lowest BCUT2D eigenvalue weighted by Gasteiger charge is -2.32. The molecule has 0 saturated carbocycles. The molecule has 1 N–H and O–H groups in total. The van der Waals surface area contributed by atoms with Gasteiger partial charge in [0.15, 0.2) is 0 Å². The highest BCUT2D eigenvalue weighted by Gasteiger charge is 2.33. The van der Waals surface area contributed by atoms with Crippen LogP contribution in [0, 0.1) is 27.7 Å². The van der Waals surface area contributed by atoms with E-state index in [1.807, 2.05) is 0 Å². The minimum absolute atomic E-state index is 0.00157. The first-order valence-corrected chi connectivity index (χ1v) is 9.03. The van der Waals surface area contributed by atoms with E-state index >= 15 is 0 Å². The van der Waals surface area contributed by atoms with Crippen LogP contribution in [0.4, 0.5) is 31.8 Å². The van der Waals surface area contributed by atoms with E-state index in [1.54, 1.807) is 11.8 Å². The molecule has 0 aliphatic carbocycles. The lowest BCUT2D eigenvalue weighted by Crippen LogP contribution is -2.40. The molecule has 0 amide bonds. The molecule has 2 heterocycles. The molecule has 1 aromatic heterocycles. The van der Waals surface area contributed by atoms with Crippen molar-refractivity contribution in [1.82, 2.24) is 9.97 Å². The van der Waals surface area contributed by atoms with Gasteiger partial charge in [-0.15, -0.1) is 0 Å². The fraction of sp³-hybridized carbons (Fsp3) is 0.389. The second-order valence-electron chi connectivity index (χ2n) is 6.44. The van der Waals surface area contributed by atoms with Crippen LogP contribution in [0.5, 0.6) is 0 Å². The summed E-state index contributed by atoms with van der Waals surface area (Å²) in [6.07, 6.45) is 2.32. The maximum atomic E-state index is 14.0. The topological polar surface area (TPSA) is 110 Å². The summed E-state index contributed by atoms with van der Waals surface area (Å²) in [5.74, 6) is -2.58. The normalized spacial score (nSPS) is 16.4. The minimum atomic E-state index is -0.791. The molecule has 0 spiro atoms. The molecule has 1 fully saturated rings. The molecule has 154 valence electrons. The zero-order chi connectivity index (χ0) is 21.0. The highest BCUT2D eigenvalue weighted by Crippen LogP contribution is 2.36. The highest BCUT2D eigenvalue weighted by molar-refractivity contribution is 5.77. The van der Waals surface area contributed by atoms with Crippen LogP contribution in [0.3, 0.4) is 0 Å². The van der Waals surface area contributed by atoms with E-state index in [9.17, 15) is 23.7 Å². The van der Waals surface area contributed by atoms with Gasteiger partial charge in [0, 0.05) is 19.2 Å². The van der Waals surface area contributed by atoms with Gasteiger partial charge >= 0.3 is 11.7 Å². The number of hydrogen-bond donors (Lipinski definition) is 1. The SMILES string of the molecule is CCOC(=O)C1CCCN(c2ncnc(Nc3cc(F)ccc3F)c2[N+](=O)[O-])C1. The number of benzene rings is 1. The first-order valence-electron chi connectivity index (χ1n) is 9.03. The van der Waals surface area contributed by atoms with E-state index in [2.05, 4.69) is 15.3 Å². The molecular formula is C18H19F2N5O4. The molecule has 1 unspecified atom stereocenters. The third-order valence-corrected chi connectivity index (χ3v) is 4.51. The molecule has 1 saturated heterocycles. The monoisotopic (exact) mass is 407 g/mol. The summed E-state index contributed by atoms with van der Waals surface area (Å²) < 4.78 is 32.4. The Morgan fingerprint density at radius 3 is 2.93 bits per heavy atom. The Hall–Kier alpha value is -3.37. The van der Waals surface area contributed by atoms with Gasteiger partial charge in [0.1, 0.15) is 18.0 Å². The summed E-state index contributed by atoms with van der Waals surface area (Å²) in [5, 5.41) is 14.2. The number of halogens is 2. The van der Waals surface area contributed by atoms with E-state index in [0.717, 1.165) is 24.5 Å². The number of rotatable bonds is 6. The van der Waals surface area contributed by atoms with Gasteiger partial charge in [0.05, 0.1) is 23.1 Å². The Morgan fingerprint density at radius 1 is 1.41 bits per heavy atom. The van der Waals surface area contributed by atoms with E-state index in [0.29, 0.717) is 19.4 Å². The largest absolute Gasteiger partial charge is 0.466 e. The number of anilines is 3. The van der Waals surface area contributed by atoms with Gasteiger partial charge in [0.2, 0.25) is 11.6 Å². The van der Waals surface area contributed by atoms with Crippen molar-refractivity contribution in [3.05, 3.63) is 46.3 Å². The van der Waals surface area contributed by atoms with Crippen LogP contribution in [0.25, 0.3) is 0 Å². The van der Waals surface area contributed by atoms with Crippen molar-refractivity contribution in [1.29, 1.82) is 0 Å². The lowest BCUT2D eigenvalue weighted by molar-refractivity contribution is -0.383. The van der Waals surface area contributed by atoms with Gasteiger partial charge in [-0.2, -0.15) is 0 Å². The van der Waals surface area contributed by atoms with Gasteiger partial charge in [-0.1, -0.05) is 0 Å². The molecular weight excluding hydrogens is 388 g/mol. The number of piperidine rings is 1. The highest BCUT2D eigenvalue weighted by atomic mass is 19.1. The number of esters is 1. The molecule has 2 aromatic rings. The fourth-order valence-electron chi connectivity index (χ4n) is 3.20. The standard InChI is InChI=1S/C18H19F2N5O4/c1-2-29-18(26)11-4-3-7-24(9-11)17-15(25(27)28)16(21-10-22-17)23-14-8-12(19)5-6-13(14)20/h5-6,8,10-11H,2-4,7,9H2,1H3,(H,21,22,23). The molecule has 29 heavy (non-hydrogen) atoms. The van der Waals surface area contributed by atoms with Crippen LogP contribution in [0.15, 0.2) is 24.5 Å². The summed E-state index contributed by atoms with van der Waals surface area (Å²) >= 11 is 0. The van der Waals surface area contributed by atoms with Crippen LogP contribution >= 0.6 is 0 Å². The summed E-state index contributed by atoms with van der Waals surface area (Å²) in [6, 6.07) is 2.71. The number of nitro groups is 1. The Labute approximate surface area is 164 Å². The van der Waals surface area contributed by atoms with Crippen molar-refractivity contribution < 1.29 is 23.2 Å². The molecule has 1 aromatic carbocycles.